The Labute approximate surface area is 145 Å². The van der Waals surface area contributed by atoms with Gasteiger partial charge in [0.2, 0.25) is 5.76 Å². The van der Waals surface area contributed by atoms with Gasteiger partial charge in [-0.1, -0.05) is 32.0 Å². The molecule has 0 aliphatic carbocycles. The monoisotopic (exact) mass is 346 g/mol. The number of imide groups is 1. The van der Waals surface area contributed by atoms with Crippen LogP contribution in [0.5, 0.6) is 0 Å². The molecule has 0 atom stereocenters. The lowest BCUT2D eigenvalue weighted by Crippen LogP contribution is -2.42. The van der Waals surface area contributed by atoms with E-state index in [4.69, 9.17) is 9.15 Å². The number of hydrogen-bond donors (Lipinski definition) is 2. The van der Waals surface area contributed by atoms with Gasteiger partial charge in [-0.05, 0) is 25.3 Å². The summed E-state index contributed by atoms with van der Waals surface area (Å²) in [6.07, 6.45) is 0.807. The Hall–Kier alpha value is -2.83. The van der Waals surface area contributed by atoms with Crippen LogP contribution in [-0.4, -0.2) is 31.1 Å². The molecule has 0 saturated carbocycles. The number of benzene rings is 1. The van der Waals surface area contributed by atoms with Crippen molar-refractivity contribution < 1.29 is 23.5 Å². The maximum Gasteiger partial charge on any atom is 0.375 e. The van der Waals surface area contributed by atoms with Crippen molar-refractivity contribution >= 4 is 28.9 Å². The van der Waals surface area contributed by atoms with Gasteiger partial charge in [0.1, 0.15) is 5.58 Å². The van der Waals surface area contributed by atoms with Crippen molar-refractivity contribution in [2.45, 2.75) is 27.2 Å². The molecular formula is C18H22N2O5. The van der Waals surface area contributed by atoms with E-state index in [0.29, 0.717) is 23.6 Å². The summed E-state index contributed by atoms with van der Waals surface area (Å²) in [5.41, 5.74) is 1.22. The highest BCUT2D eigenvalue weighted by atomic mass is 16.5. The minimum Gasteiger partial charge on any atom is -0.450 e. The third-order valence-corrected chi connectivity index (χ3v) is 3.62. The first kappa shape index (κ1) is 18.5. The van der Waals surface area contributed by atoms with Gasteiger partial charge in [-0.2, -0.15) is 0 Å². The van der Waals surface area contributed by atoms with Gasteiger partial charge in [-0.15, -0.1) is 0 Å². The van der Waals surface area contributed by atoms with Crippen LogP contribution in [0.4, 0.5) is 4.79 Å². The standard InChI is InChI=1S/C18H22N2O5/c1-11(2)8-9-19-18(23)20-15(21)10-24-17(22)16-12(3)13-6-4-5-7-14(13)25-16/h4-7,11H,8-10H2,1-3H3,(H2,19,20,21,23). The molecule has 2 rings (SSSR count). The zero-order chi connectivity index (χ0) is 18.4. The van der Waals surface area contributed by atoms with E-state index in [1.165, 1.54) is 0 Å². The van der Waals surface area contributed by atoms with Gasteiger partial charge in [0, 0.05) is 17.5 Å². The molecule has 7 nitrogen and oxygen atoms in total. The van der Waals surface area contributed by atoms with Gasteiger partial charge < -0.3 is 14.5 Å². The molecule has 0 radical (unpaired) electrons. The van der Waals surface area contributed by atoms with Crippen LogP contribution in [-0.2, 0) is 9.53 Å². The van der Waals surface area contributed by atoms with E-state index in [1.807, 2.05) is 26.0 Å². The molecule has 1 heterocycles. The predicted molar refractivity (Wildman–Crippen MR) is 92.2 cm³/mol. The highest BCUT2D eigenvalue weighted by Gasteiger charge is 2.20. The number of furan rings is 1. The fourth-order valence-corrected chi connectivity index (χ4v) is 2.25. The third-order valence-electron chi connectivity index (χ3n) is 3.62. The summed E-state index contributed by atoms with van der Waals surface area (Å²) in [4.78, 5) is 35.3. The zero-order valence-electron chi connectivity index (χ0n) is 14.5. The number of fused-ring (bicyclic) bond motifs is 1. The molecule has 3 amide bonds. The largest absolute Gasteiger partial charge is 0.450 e. The molecule has 0 saturated heterocycles. The number of hydrogen-bond acceptors (Lipinski definition) is 5. The highest BCUT2D eigenvalue weighted by Crippen LogP contribution is 2.25. The minimum absolute atomic E-state index is 0.0513. The van der Waals surface area contributed by atoms with E-state index in [2.05, 4.69) is 10.6 Å². The topological polar surface area (TPSA) is 97.6 Å². The molecule has 0 unspecified atom stereocenters. The molecule has 0 spiro atoms. The lowest BCUT2D eigenvalue weighted by molar-refractivity contribution is -0.123. The number of para-hydroxylation sites is 1. The molecule has 0 aliphatic heterocycles. The first-order valence-corrected chi connectivity index (χ1v) is 8.11. The minimum atomic E-state index is -0.746. The summed E-state index contributed by atoms with van der Waals surface area (Å²) >= 11 is 0. The van der Waals surface area contributed by atoms with Crippen LogP contribution in [0.15, 0.2) is 28.7 Å². The number of nitrogens with one attached hydrogen (secondary N) is 2. The number of esters is 1. The van der Waals surface area contributed by atoms with Crippen molar-refractivity contribution in [1.82, 2.24) is 10.6 Å². The van der Waals surface area contributed by atoms with Crippen LogP contribution in [0, 0.1) is 12.8 Å². The van der Waals surface area contributed by atoms with Crippen LogP contribution >= 0.6 is 0 Å². The Morgan fingerprint density at radius 1 is 1.20 bits per heavy atom. The fraction of sp³-hybridized carbons (Fsp3) is 0.389. The first-order chi connectivity index (χ1) is 11.9. The maximum atomic E-state index is 12.1. The van der Waals surface area contributed by atoms with Crippen LogP contribution in [0.1, 0.15) is 36.4 Å². The number of rotatable bonds is 6. The van der Waals surface area contributed by atoms with E-state index >= 15 is 0 Å². The first-order valence-electron chi connectivity index (χ1n) is 8.11. The number of carbonyl (C=O) groups excluding carboxylic acids is 3. The lowest BCUT2D eigenvalue weighted by Gasteiger charge is -2.08. The summed E-state index contributed by atoms with van der Waals surface area (Å²) in [5, 5.41) is 5.47. The maximum absolute atomic E-state index is 12.1. The molecular weight excluding hydrogens is 324 g/mol. The van der Waals surface area contributed by atoms with Crippen molar-refractivity contribution in [1.29, 1.82) is 0 Å². The third kappa shape index (κ3) is 5.07. The van der Waals surface area contributed by atoms with Crippen LogP contribution in [0.3, 0.4) is 0 Å². The summed E-state index contributed by atoms with van der Waals surface area (Å²) in [6.45, 7) is 5.71. The van der Waals surface area contributed by atoms with Crippen LogP contribution in [0.25, 0.3) is 11.0 Å². The average Bonchev–Trinajstić information content (AvgIpc) is 2.90. The number of carbonyl (C=O) groups is 3. The second kappa shape index (κ2) is 8.32. The summed E-state index contributed by atoms with van der Waals surface area (Å²) in [6, 6.07) is 6.60. The highest BCUT2D eigenvalue weighted by molar-refractivity contribution is 5.98. The van der Waals surface area contributed by atoms with Crippen LogP contribution < -0.4 is 10.6 Å². The van der Waals surface area contributed by atoms with Crippen molar-refractivity contribution in [2.75, 3.05) is 13.2 Å². The second-order valence-corrected chi connectivity index (χ2v) is 6.12. The molecule has 2 aromatic rings. The van der Waals surface area contributed by atoms with E-state index in [0.717, 1.165) is 11.8 Å². The van der Waals surface area contributed by atoms with E-state index < -0.39 is 24.5 Å². The van der Waals surface area contributed by atoms with Crippen molar-refractivity contribution in [3.63, 3.8) is 0 Å². The molecule has 134 valence electrons. The van der Waals surface area contributed by atoms with Gasteiger partial charge in [0.05, 0.1) is 0 Å². The Balaban J connectivity index is 1.83. The zero-order valence-corrected chi connectivity index (χ0v) is 14.5. The fourth-order valence-electron chi connectivity index (χ4n) is 2.25. The van der Waals surface area contributed by atoms with Gasteiger partial charge in [0.25, 0.3) is 5.91 Å². The molecule has 0 bridgehead atoms. The second-order valence-electron chi connectivity index (χ2n) is 6.12. The van der Waals surface area contributed by atoms with Gasteiger partial charge in [0.15, 0.2) is 6.61 Å². The van der Waals surface area contributed by atoms with Crippen molar-refractivity contribution in [3.8, 4) is 0 Å². The average molecular weight is 346 g/mol. The lowest BCUT2D eigenvalue weighted by atomic mass is 10.1. The number of amides is 3. The van der Waals surface area contributed by atoms with Gasteiger partial charge in [-0.25, -0.2) is 9.59 Å². The molecule has 1 aromatic carbocycles. The Morgan fingerprint density at radius 2 is 1.92 bits per heavy atom. The molecule has 25 heavy (non-hydrogen) atoms. The summed E-state index contributed by atoms with van der Waals surface area (Å²) < 4.78 is 10.4. The Kier molecular flexibility index (Phi) is 6.16. The number of aryl methyl sites for hydroxylation is 1. The van der Waals surface area contributed by atoms with Crippen molar-refractivity contribution in [2.24, 2.45) is 5.92 Å². The van der Waals surface area contributed by atoms with E-state index in [1.54, 1.807) is 19.1 Å². The Bertz CT molecular complexity index is 779. The Morgan fingerprint density at radius 3 is 2.60 bits per heavy atom. The SMILES string of the molecule is Cc1c(C(=O)OCC(=O)NC(=O)NCCC(C)C)oc2ccccc12. The van der Waals surface area contributed by atoms with Gasteiger partial charge in [-0.3, -0.25) is 10.1 Å². The molecule has 1 aromatic heterocycles. The van der Waals surface area contributed by atoms with Crippen molar-refractivity contribution in [3.05, 3.63) is 35.6 Å². The normalized spacial score (nSPS) is 10.7. The van der Waals surface area contributed by atoms with Gasteiger partial charge >= 0.3 is 12.0 Å². The summed E-state index contributed by atoms with van der Waals surface area (Å²) in [7, 11) is 0. The quantitative estimate of drug-likeness (QED) is 0.784. The number of urea groups is 1. The van der Waals surface area contributed by atoms with Crippen LogP contribution in [0.2, 0.25) is 0 Å². The smallest absolute Gasteiger partial charge is 0.375 e. The molecule has 7 heteroatoms. The van der Waals surface area contributed by atoms with E-state index in [9.17, 15) is 14.4 Å². The molecule has 0 fully saturated rings. The number of ether oxygens (including phenoxy) is 1. The summed E-state index contributed by atoms with van der Waals surface area (Å²) in [5.74, 6) is -0.951. The van der Waals surface area contributed by atoms with E-state index in [-0.39, 0.29) is 5.76 Å². The predicted octanol–water partition coefficient (Wildman–Crippen LogP) is 2.77. The molecule has 2 N–H and O–H groups in total. The molecule has 0 aliphatic rings.